The van der Waals surface area contributed by atoms with Crippen LogP contribution in [0.1, 0.15) is 80.9 Å². The average Bonchev–Trinajstić information content (AvgIpc) is 4.05. The predicted molar refractivity (Wildman–Crippen MR) is 202 cm³/mol. The molecule has 5 aliphatic rings. The smallest absolute Gasteiger partial charge is 0.407 e. The van der Waals surface area contributed by atoms with E-state index in [0.717, 1.165) is 78.9 Å². The average molecular weight is 734 g/mol. The summed E-state index contributed by atoms with van der Waals surface area (Å²) in [7, 11) is 2.58. The third kappa shape index (κ3) is 6.43. The highest BCUT2D eigenvalue weighted by Gasteiger charge is 2.51. The van der Waals surface area contributed by atoms with E-state index in [1.807, 2.05) is 17.3 Å². The number of amides is 4. The highest BCUT2D eigenvalue weighted by molar-refractivity contribution is 6.04. The number of nitrogens with one attached hydrogen (secondary N) is 3. The van der Waals surface area contributed by atoms with E-state index in [1.54, 1.807) is 18.7 Å². The first-order chi connectivity index (χ1) is 26.1. The number of likely N-dealkylation sites (tertiary alicyclic amines) is 2. The van der Waals surface area contributed by atoms with Gasteiger partial charge in [-0.05, 0) is 110 Å². The maximum Gasteiger partial charge on any atom is 0.407 e. The van der Waals surface area contributed by atoms with Gasteiger partial charge in [0.05, 0.1) is 38.2 Å². The Bertz CT molecular complexity index is 2070. The lowest BCUT2D eigenvalue weighted by Gasteiger charge is -2.37. The number of aromatic nitrogens is 2. The Morgan fingerprint density at radius 3 is 2.24 bits per heavy atom. The normalized spacial score (nSPS) is 23.6. The first kappa shape index (κ1) is 35.6. The number of aromatic amines is 1. The van der Waals surface area contributed by atoms with Gasteiger partial charge in [0, 0.05) is 30.9 Å². The maximum absolute atomic E-state index is 13.6. The molecular formula is C41H47N7O6. The van der Waals surface area contributed by atoms with Gasteiger partial charge in [0.1, 0.15) is 17.9 Å². The number of allylic oxidation sites excluding steroid dienone is 1. The van der Waals surface area contributed by atoms with Crippen LogP contribution in [0.4, 0.5) is 9.59 Å². The maximum atomic E-state index is 13.6. The third-order valence-electron chi connectivity index (χ3n) is 12.0. The Balaban J connectivity index is 0.944. The summed E-state index contributed by atoms with van der Waals surface area (Å²) in [5, 5.41) is 5.23. The van der Waals surface area contributed by atoms with E-state index in [-0.39, 0.29) is 29.9 Å². The Morgan fingerprint density at radius 2 is 1.54 bits per heavy atom. The number of carbonyl (C=O) groups is 4. The van der Waals surface area contributed by atoms with Crippen molar-refractivity contribution in [2.75, 3.05) is 20.8 Å². The van der Waals surface area contributed by atoms with Crippen LogP contribution >= 0.6 is 0 Å². The van der Waals surface area contributed by atoms with E-state index in [2.05, 4.69) is 56.8 Å². The number of benzene rings is 2. The second-order valence-corrected chi connectivity index (χ2v) is 15.2. The number of rotatable bonds is 8. The third-order valence-corrected chi connectivity index (χ3v) is 12.0. The molecule has 13 nitrogen and oxygen atoms in total. The van der Waals surface area contributed by atoms with E-state index in [1.165, 1.54) is 36.5 Å². The van der Waals surface area contributed by atoms with Crippen molar-refractivity contribution in [3.63, 3.8) is 0 Å². The highest BCUT2D eigenvalue weighted by Crippen LogP contribution is 2.46. The predicted octanol–water partition coefficient (Wildman–Crippen LogP) is 5.56. The van der Waals surface area contributed by atoms with Crippen molar-refractivity contribution in [3.05, 3.63) is 71.3 Å². The van der Waals surface area contributed by atoms with Crippen LogP contribution in [0, 0.1) is 5.92 Å². The SMILES string of the molecule is COC(=O)N[C@@H](C)C(=O)N1CCC[C@H]1c1ncc(-c2ccc3c(c2)CCc2cc(C4=CN=C([C@@H]5[C@H]6CC[C@H](C6)N5C(=O)[C@H](C)NC(=O)OC)C4)ccc2-3)[nH]1. The van der Waals surface area contributed by atoms with Gasteiger partial charge in [-0.1, -0.05) is 30.3 Å². The standard InChI is InChI=1S/C41H47N7O6/c1-22(44-40(51)53-3)38(49)47-15-5-6-35(47)37-43-21-34(46-37)27-11-14-32-26(17-27)8-7-25-16-24(10-13-31(25)32)29-19-33(42-20-29)36-28-9-12-30(18-28)48(36)39(50)23(2)45-41(52)54-4/h10-11,13-14,16-17,20-23,28,30,35-36H,5-9,12,15,18-19H2,1-4H3,(H,43,46)(H,44,51)(H,45,52)/t22-,23-,28-,30+,35-,36-/m0/s1. The van der Waals surface area contributed by atoms with Crippen LogP contribution in [0.2, 0.25) is 0 Å². The van der Waals surface area contributed by atoms with Gasteiger partial charge in [0.15, 0.2) is 0 Å². The molecule has 0 unspecified atom stereocenters. The van der Waals surface area contributed by atoms with Crippen molar-refractivity contribution in [2.45, 2.75) is 95.4 Å². The Hall–Kier alpha value is -5.46. The van der Waals surface area contributed by atoms with Crippen LogP contribution in [0.5, 0.6) is 0 Å². The molecule has 8 rings (SSSR count). The number of methoxy groups -OCH3 is 2. The van der Waals surface area contributed by atoms with Crippen molar-refractivity contribution in [3.8, 4) is 22.4 Å². The van der Waals surface area contributed by atoms with Crippen LogP contribution in [-0.2, 0) is 31.9 Å². The van der Waals surface area contributed by atoms with Gasteiger partial charge in [-0.15, -0.1) is 0 Å². The van der Waals surface area contributed by atoms with Gasteiger partial charge < -0.3 is 34.9 Å². The fourth-order valence-electron chi connectivity index (χ4n) is 9.34. The molecule has 2 saturated heterocycles. The number of hydrogen-bond acceptors (Lipinski definition) is 8. The molecule has 2 bridgehead atoms. The molecule has 2 aliphatic carbocycles. The molecule has 1 saturated carbocycles. The number of carbonyl (C=O) groups excluding carboxylic acids is 4. The lowest BCUT2D eigenvalue weighted by Crippen LogP contribution is -2.55. The number of alkyl carbamates (subject to hydrolysis) is 2. The molecule has 2 aromatic carbocycles. The highest BCUT2D eigenvalue weighted by atomic mass is 16.5. The van der Waals surface area contributed by atoms with Crippen molar-refractivity contribution in [2.24, 2.45) is 10.9 Å². The van der Waals surface area contributed by atoms with Crippen molar-refractivity contribution in [1.29, 1.82) is 0 Å². The molecule has 3 aromatic rings. The zero-order chi connectivity index (χ0) is 37.7. The first-order valence-electron chi connectivity index (χ1n) is 19.0. The summed E-state index contributed by atoms with van der Waals surface area (Å²) in [6.07, 6.45) is 9.84. The lowest BCUT2D eigenvalue weighted by atomic mass is 9.82. The minimum absolute atomic E-state index is 0.0461. The van der Waals surface area contributed by atoms with Gasteiger partial charge in [-0.2, -0.15) is 0 Å². The second kappa shape index (κ2) is 14.4. The summed E-state index contributed by atoms with van der Waals surface area (Å²) in [5.74, 6) is 0.899. The fraction of sp³-hybridized carbons (Fsp3) is 0.463. The quantitative estimate of drug-likeness (QED) is 0.274. The van der Waals surface area contributed by atoms with E-state index in [4.69, 9.17) is 14.7 Å². The number of H-pyrrole nitrogens is 1. The Morgan fingerprint density at radius 1 is 0.870 bits per heavy atom. The van der Waals surface area contributed by atoms with Crippen molar-refractivity contribution < 1.29 is 28.7 Å². The van der Waals surface area contributed by atoms with E-state index in [0.29, 0.717) is 18.9 Å². The number of aliphatic imine (C=N–C) groups is 1. The summed E-state index contributed by atoms with van der Waals surface area (Å²) in [5.41, 5.74) is 10.4. The molecule has 3 N–H and O–H groups in total. The zero-order valence-electron chi connectivity index (χ0n) is 31.2. The number of ether oxygens (including phenoxy) is 2. The van der Waals surface area contributed by atoms with Crippen LogP contribution in [0.15, 0.2) is 53.8 Å². The lowest BCUT2D eigenvalue weighted by molar-refractivity contribution is -0.136. The summed E-state index contributed by atoms with van der Waals surface area (Å²) >= 11 is 0. The van der Waals surface area contributed by atoms with Crippen LogP contribution in [0.3, 0.4) is 0 Å². The molecule has 54 heavy (non-hydrogen) atoms. The number of fused-ring (bicyclic) bond motifs is 5. The first-order valence-corrected chi connectivity index (χ1v) is 19.0. The minimum Gasteiger partial charge on any atom is -0.453 e. The molecule has 13 heteroatoms. The van der Waals surface area contributed by atoms with E-state index < -0.39 is 24.3 Å². The Labute approximate surface area is 314 Å². The molecule has 4 amide bonds. The number of piperidine rings is 1. The van der Waals surface area contributed by atoms with Crippen molar-refractivity contribution in [1.82, 2.24) is 30.4 Å². The molecule has 3 fully saturated rings. The van der Waals surface area contributed by atoms with Crippen LogP contribution in [-0.4, -0.2) is 94.4 Å². The molecule has 282 valence electrons. The molecule has 1 aromatic heterocycles. The van der Waals surface area contributed by atoms with Crippen LogP contribution in [0.25, 0.3) is 28.0 Å². The van der Waals surface area contributed by atoms with Gasteiger partial charge in [-0.3, -0.25) is 14.6 Å². The number of imidazole rings is 1. The van der Waals surface area contributed by atoms with Gasteiger partial charge in [0.2, 0.25) is 11.8 Å². The van der Waals surface area contributed by atoms with Gasteiger partial charge in [0.25, 0.3) is 0 Å². The molecular weight excluding hydrogens is 686 g/mol. The van der Waals surface area contributed by atoms with Gasteiger partial charge in [-0.25, -0.2) is 14.6 Å². The topological polar surface area (TPSA) is 158 Å². The van der Waals surface area contributed by atoms with Crippen molar-refractivity contribution >= 4 is 35.3 Å². The van der Waals surface area contributed by atoms with Crippen LogP contribution < -0.4 is 10.6 Å². The summed E-state index contributed by atoms with van der Waals surface area (Å²) in [6.45, 7) is 3.99. The molecule has 6 atom stereocenters. The second-order valence-electron chi connectivity index (χ2n) is 15.2. The molecule has 3 aliphatic heterocycles. The minimum atomic E-state index is -0.698. The van der Waals surface area contributed by atoms with E-state index >= 15 is 0 Å². The summed E-state index contributed by atoms with van der Waals surface area (Å²) in [4.78, 5) is 67.1. The zero-order valence-corrected chi connectivity index (χ0v) is 31.2. The monoisotopic (exact) mass is 733 g/mol. The Kier molecular flexibility index (Phi) is 9.49. The summed E-state index contributed by atoms with van der Waals surface area (Å²) in [6, 6.07) is 11.9. The summed E-state index contributed by atoms with van der Waals surface area (Å²) < 4.78 is 9.40. The number of nitrogens with zero attached hydrogens (tertiary/aromatic N) is 4. The van der Waals surface area contributed by atoms with E-state index in [9.17, 15) is 19.2 Å². The number of aryl methyl sites for hydroxylation is 2. The molecule has 4 heterocycles. The molecule has 0 radical (unpaired) electrons. The fourth-order valence-corrected chi connectivity index (χ4v) is 9.34. The number of hydrogen-bond donors (Lipinski definition) is 3. The van der Waals surface area contributed by atoms with Gasteiger partial charge >= 0.3 is 12.2 Å². The largest absolute Gasteiger partial charge is 0.453 e. The molecule has 0 spiro atoms.